The maximum Gasteiger partial charge on any atom is 0.225 e. The quantitative estimate of drug-likeness (QED) is 0.591. The maximum atomic E-state index is 14.1. The molecule has 1 aliphatic rings. The Kier molecular flexibility index (Phi) is 5.45. The summed E-state index contributed by atoms with van der Waals surface area (Å²) in [4.78, 5) is 11.0. The van der Waals surface area contributed by atoms with Crippen molar-refractivity contribution in [3.05, 3.63) is 88.1 Å². The number of nitrogens with one attached hydrogen (secondary N) is 1. The van der Waals surface area contributed by atoms with Gasteiger partial charge in [0.1, 0.15) is 17.5 Å². The third-order valence-electron chi connectivity index (χ3n) is 4.81. The number of fused-ring (bicyclic) bond motifs is 1. The first-order valence-electron chi connectivity index (χ1n) is 9.24. The van der Waals surface area contributed by atoms with Gasteiger partial charge in [-0.25, -0.2) is 13.8 Å². The van der Waals surface area contributed by atoms with Crippen molar-refractivity contribution in [2.75, 3.05) is 16.8 Å². The van der Waals surface area contributed by atoms with Gasteiger partial charge in [-0.15, -0.1) is 0 Å². The van der Waals surface area contributed by atoms with Crippen LogP contribution in [0.15, 0.2) is 54.7 Å². The highest BCUT2D eigenvalue weighted by molar-refractivity contribution is 6.30. The molecule has 0 spiro atoms. The molecule has 3 aromatic rings. The van der Waals surface area contributed by atoms with Crippen molar-refractivity contribution in [3.8, 4) is 0 Å². The molecule has 0 saturated heterocycles. The van der Waals surface area contributed by atoms with Gasteiger partial charge in [0.25, 0.3) is 0 Å². The van der Waals surface area contributed by atoms with Gasteiger partial charge in [-0.05, 0) is 30.7 Å². The predicted octanol–water partition coefficient (Wildman–Crippen LogP) is 5.61. The van der Waals surface area contributed by atoms with Crippen LogP contribution >= 0.6 is 11.6 Å². The Balaban J connectivity index is 1.56. The number of hydrogen-bond donors (Lipinski definition) is 1. The van der Waals surface area contributed by atoms with Crippen molar-refractivity contribution in [2.45, 2.75) is 19.5 Å². The van der Waals surface area contributed by atoms with E-state index < -0.39 is 11.6 Å². The Bertz CT molecular complexity index is 1050. The van der Waals surface area contributed by atoms with Crippen molar-refractivity contribution in [2.24, 2.45) is 0 Å². The predicted molar refractivity (Wildman–Crippen MR) is 112 cm³/mol. The molecule has 1 atom stereocenters. The molecular weight excluding hydrogens is 394 g/mol. The molecule has 4 nitrogen and oxygen atoms in total. The monoisotopic (exact) mass is 412 g/mol. The molecule has 29 heavy (non-hydrogen) atoms. The topological polar surface area (TPSA) is 41.1 Å². The fourth-order valence-corrected chi connectivity index (χ4v) is 3.37. The normalized spacial score (nSPS) is 13.9. The summed E-state index contributed by atoms with van der Waals surface area (Å²) >= 11 is 5.95. The van der Waals surface area contributed by atoms with Crippen LogP contribution in [0.4, 0.5) is 20.5 Å². The van der Waals surface area contributed by atoms with Crippen LogP contribution in [-0.4, -0.2) is 16.5 Å². The number of halogens is 3. The van der Waals surface area contributed by atoms with E-state index in [1.165, 1.54) is 12.1 Å². The average Bonchev–Trinajstić information content (AvgIpc) is 2.71. The van der Waals surface area contributed by atoms with E-state index in [1.807, 2.05) is 48.2 Å². The number of benzene rings is 2. The van der Waals surface area contributed by atoms with Crippen LogP contribution in [0, 0.1) is 11.6 Å². The third-order valence-corrected chi connectivity index (χ3v) is 5.06. The number of nitrogens with zero attached hydrogens (tertiary/aromatic N) is 3. The zero-order valence-corrected chi connectivity index (χ0v) is 16.5. The fraction of sp³-hybridized carbons (Fsp3) is 0.182. The summed E-state index contributed by atoms with van der Waals surface area (Å²) in [5.41, 5.74) is 2.32. The number of aromatic nitrogens is 2. The molecule has 0 radical (unpaired) electrons. The second-order valence-electron chi connectivity index (χ2n) is 6.91. The molecule has 2 aromatic carbocycles. The first-order chi connectivity index (χ1) is 14.0. The first-order valence-corrected chi connectivity index (χ1v) is 9.62. The molecule has 0 fully saturated rings. The van der Waals surface area contributed by atoms with E-state index in [-0.39, 0.29) is 12.6 Å². The van der Waals surface area contributed by atoms with Gasteiger partial charge in [-0.1, -0.05) is 42.0 Å². The molecule has 4 rings (SSSR count). The minimum atomic E-state index is -0.588. The molecule has 0 saturated carbocycles. The first kappa shape index (κ1) is 19.3. The minimum Gasteiger partial charge on any atom is -0.348 e. The van der Waals surface area contributed by atoms with Gasteiger partial charge in [-0.3, -0.25) is 0 Å². The minimum absolute atomic E-state index is 0.0209. The highest BCUT2D eigenvalue weighted by Gasteiger charge is 2.19. The molecular formula is C22H19ClF2N4. The van der Waals surface area contributed by atoms with Crippen molar-refractivity contribution < 1.29 is 8.78 Å². The number of anilines is 2. The molecule has 1 aliphatic heterocycles. The Morgan fingerprint density at radius 2 is 1.97 bits per heavy atom. The molecule has 7 heteroatoms. The molecule has 0 unspecified atom stereocenters. The van der Waals surface area contributed by atoms with Crippen LogP contribution < -0.4 is 10.2 Å². The maximum absolute atomic E-state index is 14.1. The lowest BCUT2D eigenvalue weighted by Crippen LogP contribution is -2.27. The van der Waals surface area contributed by atoms with Crippen LogP contribution in [0.2, 0.25) is 5.02 Å². The Labute approximate surface area is 172 Å². The summed E-state index contributed by atoms with van der Waals surface area (Å²) in [6.45, 7) is 2.87. The van der Waals surface area contributed by atoms with Crippen LogP contribution in [-0.2, 0) is 6.54 Å². The average molecular weight is 413 g/mol. The van der Waals surface area contributed by atoms with E-state index in [1.54, 1.807) is 6.20 Å². The van der Waals surface area contributed by atoms with Crippen LogP contribution in [0.3, 0.4) is 0 Å². The lowest BCUT2D eigenvalue weighted by atomic mass is 10.1. The van der Waals surface area contributed by atoms with Crippen LogP contribution in [0.5, 0.6) is 0 Å². The zero-order chi connectivity index (χ0) is 20.4. The summed E-state index contributed by atoms with van der Waals surface area (Å²) in [6.07, 6.45) is 5.65. The Morgan fingerprint density at radius 1 is 1.17 bits per heavy atom. The van der Waals surface area contributed by atoms with Gasteiger partial charge in [0, 0.05) is 41.5 Å². The van der Waals surface area contributed by atoms with Crippen molar-refractivity contribution in [3.63, 3.8) is 0 Å². The summed E-state index contributed by atoms with van der Waals surface area (Å²) in [5.74, 6) is 0.0307. The second-order valence-corrected chi connectivity index (χ2v) is 7.35. The number of rotatable bonds is 5. The highest BCUT2D eigenvalue weighted by Crippen LogP contribution is 2.28. The van der Waals surface area contributed by atoms with Gasteiger partial charge in [-0.2, -0.15) is 4.98 Å². The van der Waals surface area contributed by atoms with E-state index >= 15 is 0 Å². The largest absolute Gasteiger partial charge is 0.348 e. The highest BCUT2D eigenvalue weighted by atomic mass is 35.5. The van der Waals surface area contributed by atoms with Gasteiger partial charge < -0.3 is 10.2 Å². The molecule has 0 aliphatic carbocycles. The van der Waals surface area contributed by atoms with Gasteiger partial charge in [0.15, 0.2) is 0 Å². The summed E-state index contributed by atoms with van der Waals surface area (Å²) in [5, 5.41) is 3.97. The molecule has 0 bridgehead atoms. The van der Waals surface area contributed by atoms with Gasteiger partial charge in [0.2, 0.25) is 5.95 Å². The van der Waals surface area contributed by atoms with Crippen molar-refractivity contribution >= 4 is 29.4 Å². The second kappa shape index (κ2) is 8.17. The van der Waals surface area contributed by atoms with E-state index in [2.05, 4.69) is 15.3 Å². The SMILES string of the molecule is C[C@H](Nc1ncc2c(n1)N(Cc1ccc(F)cc1F)CC=C2)c1ccc(Cl)cc1. The van der Waals surface area contributed by atoms with E-state index in [4.69, 9.17) is 11.6 Å². The number of hydrogen-bond acceptors (Lipinski definition) is 4. The van der Waals surface area contributed by atoms with E-state index in [9.17, 15) is 8.78 Å². The fourth-order valence-electron chi connectivity index (χ4n) is 3.24. The molecule has 1 N–H and O–H groups in total. The van der Waals surface area contributed by atoms with Crippen molar-refractivity contribution in [1.82, 2.24) is 9.97 Å². The summed E-state index contributed by atoms with van der Waals surface area (Å²) < 4.78 is 27.3. The van der Waals surface area contributed by atoms with Crippen molar-refractivity contribution in [1.29, 1.82) is 0 Å². The molecule has 2 heterocycles. The van der Waals surface area contributed by atoms with Gasteiger partial charge >= 0.3 is 0 Å². The third kappa shape index (κ3) is 4.38. The van der Waals surface area contributed by atoms with Crippen LogP contribution in [0.25, 0.3) is 6.08 Å². The van der Waals surface area contributed by atoms with E-state index in [0.29, 0.717) is 28.9 Å². The lowest BCUT2D eigenvalue weighted by Gasteiger charge is -2.27. The Hall–Kier alpha value is -2.99. The molecule has 0 amide bonds. The smallest absolute Gasteiger partial charge is 0.225 e. The van der Waals surface area contributed by atoms with E-state index in [0.717, 1.165) is 17.2 Å². The lowest BCUT2D eigenvalue weighted by molar-refractivity contribution is 0.570. The zero-order valence-electron chi connectivity index (χ0n) is 15.7. The Morgan fingerprint density at radius 3 is 2.72 bits per heavy atom. The van der Waals surface area contributed by atoms with Gasteiger partial charge in [0.05, 0.1) is 6.04 Å². The molecule has 1 aromatic heterocycles. The standard InChI is InChI=1S/C22H19ClF2N4/c1-14(15-4-7-18(23)8-5-15)27-22-26-12-16-3-2-10-29(21(16)28-22)13-17-6-9-19(24)11-20(17)25/h2-9,11-12,14H,10,13H2,1H3,(H,26,27,28)/t14-/m0/s1. The molecule has 148 valence electrons. The summed E-state index contributed by atoms with van der Waals surface area (Å²) in [7, 11) is 0. The summed E-state index contributed by atoms with van der Waals surface area (Å²) in [6, 6.07) is 11.2. The van der Waals surface area contributed by atoms with Crippen LogP contribution in [0.1, 0.15) is 29.7 Å².